The minimum atomic E-state index is -0.751. The predicted molar refractivity (Wildman–Crippen MR) is 112 cm³/mol. The number of nitrogens with one attached hydrogen (secondary N) is 1. The number of hydrogen-bond donors (Lipinski definition) is 2. The van der Waals surface area contributed by atoms with Crippen LogP contribution in [0.25, 0.3) is 5.69 Å². The van der Waals surface area contributed by atoms with Crippen LogP contribution in [0.1, 0.15) is 18.6 Å². The van der Waals surface area contributed by atoms with Gasteiger partial charge in [-0.05, 0) is 40.5 Å². The Morgan fingerprint density at radius 2 is 1.74 bits per heavy atom. The maximum Gasteiger partial charge on any atom is 0.288 e. The smallest absolute Gasteiger partial charge is 0.288 e. The average Bonchev–Trinajstić information content (AvgIpc) is 2.67. The first-order chi connectivity index (χ1) is 12.9. The Morgan fingerprint density at radius 3 is 2.37 bits per heavy atom. The summed E-state index contributed by atoms with van der Waals surface area (Å²) in [7, 11) is 0. The maximum atomic E-state index is 12.7. The van der Waals surface area contributed by atoms with Gasteiger partial charge in [0.1, 0.15) is 10.2 Å². The van der Waals surface area contributed by atoms with Crippen molar-refractivity contribution in [3.63, 3.8) is 0 Å². The summed E-state index contributed by atoms with van der Waals surface area (Å²) in [5, 5.41) is 18.4. The zero-order valence-electron chi connectivity index (χ0n) is 14.2. The van der Waals surface area contributed by atoms with E-state index in [-0.39, 0.29) is 10.5 Å². The summed E-state index contributed by atoms with van der Waals surface area (Å²) in [6, 6.07) is 13.9. The molecule has 1 heterocycles. The molecule has 0 bridgehead atoms. The lowest BCUT2D eigenvalue weighted by atomic mass is 10.0. The zero-order valence-corrected chi connectivity index (χ0v) is 17.3. The van der Waals surface area contributed by atoms with E-state index in [4.69, 9.17) is 23.2 Å². The number of nitrogens with zero attached hydrogens (tertiary/aromatic N) is 2. The largest absolute Gasteiger partial charge is 0.386 e. The van der Waals surface area contributed by atoms with E-state index in [1.165, 1.54) is 6.20 Å². The van der Waals surface area contributed by atoms with Gasteiger partial charge in [-0.2, -0.15) is 9.78 Å². The summed E-state index contributed by atoms with van der Waals surface area (Å²) in [6.45, 7) is 1.82. The second-order valence-corrected chi connectivity index (χ2v) is 7.56. The van der Waals surface area contributed by atoms with Crippen LogP contribution in [-0.2, 0) is 0 Å². The van der Waals surface area contributed by atoms with Crippen LogP contribution in [0.5, 0.6) is 0 Å². The Kier molecular flexibility index (Phi) is 6.22. The fourth-order valence-corrected chi connectivity index (χ4v) is 3.59. The third kappa shape index (κ3) is 4.19. The van der Waals surface area contributed by atoms with Crippen LogP contribution in [-0.4, -0.2) is 20.9 Å². The van der Waals surface area contributed by atoms with Crippen molar-refractivity contribution >= 4 is 44.8 Å². The third-order valence-electron chi connectivity index (χ3n) is 4.07. The second kappa shape index (κ2) is 8.44. The highest BCUT2D eigenvalue weighted by atomic mass is 79.9. The van der Waals surface area contributed by atoms with Crippen LogP contribution >= 0.6 is 39.1 Å². The molecule has 0 saturated carbocycles. The van der Waals surface area contributed by atoms with Gasteiger partial charge in [-0.1, -0.05) is 59.6 Å². The molecule has 0 spiro atoms. The number of para-hydroxylation sites is 1. The molecule has 27 heavy (non-hydrogen) atoms. The molecule has 0 radical (unpaired) electrons. The third-order valence-corrected chi connectivity index (χ3v) is 5.44. The maximum absolute atomic E-state index is 12.7. The molecule has 0 fully saturated rings. The van der Waals surface area contributed by atoms with Gasteiger partial charge in [0.2, 0.25) is 0 Å². The van der Waals surface area contributed by atoms with Crippen molar-refractivity contribution < 1.29 is 5.11 Å². The topological polar surface area (TPSA) is 67.2 Å². The Balaban J connectivity index is 1.91. The highest BCUT2D eigenvalue weighted by molar-refractivity contribution is 9.10. The van der Waals surface area contributed by atoms with Crippen molar-refractivity contribution in [1.82, 2.24) is 9.78 Å². The van der Waals surface area contributed by atoms with Gasteiger partial charge in [0.15, 0.2) is 0 Å². The van der Waals surface area contributed by atoms with Crippen LogP contribution in [0.4, 0.5) is 5.69 Å². The van der Waals surface area contributed by atoms with E-state index in [9.17, 15) is 9.90 Å². The SMILES string of the molecule is C[C@H](Nc1cnn(-c2c(Cl)cccc2Cl)c(=O)c1Br)[C@@H](O)c1ccccc1. The quantitative estimate of drug-likeness (QED) is 0.562. The number of benzene rings is 2. The normalized spacial score (nSPS) is 13.2. The Bertz CT molecular complexity index is 991. The number of anilines is 1. The monoisotopic (exact) mass is 467 g/mol. The van der Waals surface area contributed by atoms with E-state index in [0.717, 1.165) is 10.2 Å². The molecule has 2 atom stereocenters. The summed E-state index contributed by atoms with van der Waals surface area (Å²) >= 11 is 15.7. The van der Waals surface area contributed by atoms with Gasteiger partial charge in [-0.3, -0.25) is 4.79 Å². The second-order valence-electron chi connectivity index (χ2n) is 5.95. The molecule has 2 N–H and O–H groups in total. The molecule has 0 unspecified atom stereocenters. The van der Waals surface area contributed by atoms with E-state index < -0.39 is 11.7 Å². The first kappa shape index (κ1) is 19.9. The first-order valence-electron chi connectivity index (χ1n) is 8.12. The Hall–Kier alpha value is -1.86. The molecule has 8 heteroatoms. The zero-order chi connectivity index (χ0) is 19.6. The number of halogens is 3. The van der Waals surface area contributed by atoms with Gasteiger partial charge in [-0.25, -0.2) is 0 Å². The summed E-state index contributed by atoms with van der Waals surface area (Å²) < 4.78 is 1.40. The minimum Gasteiger partial charge on any atom is -0.386 e. The van der Waals surface area contributed by atoms with Crippen LogP contribution in [0.3, 0.4) is 0 Å². The molecule has 0 saturated heterocycles. The molecule has 3 rings (SSSR count). The Morgan fingerprint density at radius 1 is 1.11 bits per heavy atom. The summed E-state index contributed by atoms with van der Waals surface area (Å²) in [6.07, 6.45) is 0.734. The van der Waals surface area contributed by atoms with Crippen molar-refractivity contribution in [3.8, 4) is 5.69 Å². The number of aliphatic hydroxyl groups excluding tert-OH is 1. The fraction of sp³-hybridized carbons (Fsp3) is 0.158. The number of hydrogen-bond acceptors (Lipinski definition) is 4. The molecule has 0 aliphatic rings. The highest BCUT2D eigenvalue weighted by Gasteiger charge is 2.20. The number of aliphatic hydroxyl groups is 1. The van der Waals surface area contributed by atoms with Gasteiger partial charge in [0.25, 0.3) is 5.56 Å². The standard InChI is InChI=1S/C19H16BrCl2N3O2/c1-11(18(26)12-6-3-2-4-7-12)24-15-10-23-25(19(27)16(15)20)17-13(21)8-5-9-14(17)22/h2-11,18,24,26H,1H3/t11-,18+/m0/s1. The van der Waals surface area contributed by atoms with E-state index in [1.54, 1.807) is 18.2 Å². The van der Waals surface area contributed by atoms with E-state index in [2.05, 4.69) is 26.3 Å². The van der Waals surface area contributed by atoms with Crippen LogP contribution in [0.15, 0.2) is 64.0 Å². The lowest BCUT2D eigenvalue weighted by Gasteiger charge is -2.22. The summed E-state index contributed by atoms with van der Waals surface area (Å²) in [5.41, 5.74) is 1.13. The van der Waals surface area contributed by atoms with Gasteiger partial charge >= 0.3 is 0 Å². The van der Waals surface area contributed by atoms with E-state index in [0.29, 0.717) is 21.4 Å². The minimum absolute atomic E-state index is 0.264. The van der Waals surface area contributed by atoms with Crippen molar-refractivity contribution in [1.29, 1.82) is 0 Å². The van der Waals surface area contributed by atoms with Crippen molar-refractivity contribution in [2.24, 2.45) is 0 Å². The molecule has 0 amide bonds. The van der Waals surface area contributed by atoms with Crippen LogP contribution in [0.2, 0.25) is 10.0 Å². The van der Waals surface area contributed by atoms with Gasteiger partial charge in [-0.15, -0.1) is 0 Å². The predicted octanol–water partition coefficient (Wildman–Crippen LogP) is 4.84. The molecule has 1 aromatic heterocycles. The lowest BCUT2D eigenvalue weighted by molar-refractivity contribution is 0.160. The highest BCUT2D eigenvalue weighted by Crippen LogP contribution is 2.28. The van der Waals surface area contributed by atoms with E-state index >= 15 is 0 Å². The summed E-state index contributed by atoms with van der Waals surface area (Å²) in [5.74, 6) is 0. The van der Waals surface area contributed by atoms with Crippen molar-refractivity contribution in [2.75, 3.05) is 5.32 Å². The molecule has 3 aromatic rings. The fourth-order valence-electron chi connectivity index (χ4n) is 2.65. The van der Waals surface area contributed by atoms with Gasteiger partial charge in [0, 0.05) is 0 Å². The summed E-state index contributed by atoms with van der Waals surface area (Å²) in [4.78, 5) is 12.7. The molecule has 5 nitrogen and oxygen atoms in total. The van der Waals surface area contributed by atoms with Crippen molar-refractivity contribution in [2.45, 2.75) is 19.1 Å². The van der Waals surface area contributed by atoms with Gasteiger partial charge in [0.05, 0.1) is 34.1 Å². The molecular weight excluding hydrogens is 453 g/mol. The molecule has 0 aliphatic carbocycles. The van der Waals surface area contributed by atoms with Crippen LogP contribution in [0, 0.1) is 0 Å². The van der Waals surface area contributed by atoms with Gasteiger partial charge < -0.3 is 10.4 Å². The molecular formula is C19H16BrCl2N3O2. The molecule has 140 valence electrons. The number of aromatic nitrogens is 2. The van der Waals surface area contributed by atoms with E-state index in [1.807, 2.05) is 37.3 Å². The first-order valence-corrected chi connectivity index (χ1v) is 9.67. The lowest BCUT2D eigenvalue weighted by Crippen LogP contribution is -2.28. The number of rotatable bonds is 5. The average molecular weight is 469 g/mol. The van der Waals surface area contributed by atoms with Crippen LogP contribution < -0.4 is 10.9 Å². The molecule has 0 aliphatic heterocycles. The molecule has 2 aromatic carbocycles. The van der Waals surface area contributed by atoms with Crippen molar-refractivity contribution in [3.05, 3.63) is 85.2 Å². The Labute approximate surface area is 174 Å².